The van der Waals surface area contributed by atoms with E-state index < -0.39 is 35.3 Å². The highest BCUT2D eigenvalue weighted by atomic mass is 16.4. The Labute approximate surface area is 87.7 Å². The summed E-state index contributed by atoms with van der Waals surface area (Å²) < 4.78 is 0. The predicted octanol–water partition coefficient (Wildman–Crippen LogP) is 0.569. The molecule has 5 heteroatoms. The molecule has 1 aliphatic carbocycles. The first-order valence-corrected chi connectivity index (χ1v) is 5.07. The third kappa shape index (κ3) is 1.84. The van der Waals surface area contributed by atoms with Gasteiger partial charge in [0.05, 0.1) is 17.4 Å². The van der Waals surface area contributed by atoms with E-state index >= 15 is 0 Å². The van der Waals surface area contributed by atoms with Gasteiger partial charge in [-0.2, -0.15) is 0 Å². The minimum atomic E-state index is -1.16. The minimum absolute atomic E-state index is 0.377. The lowest BCUT2D eigenvalue weighted by molar-refractivity contribution is -0.144. The number of hydrogen-bond acceptors (Lipinski definition) is 3. The average molecular weight is 216 g/mol. The molecule has 0 saturated heterocycles. The van der Waals surface area contributed by atoms with Gasteiger partial charge in [-0.1, -0.05) is 13.8 Å². The third-order valence-corrected chi connectivity index (χ3v) is 3.44. The summed E-state index contributed by atoms with van der Waals surface area (Å²) in [4.78, 5) is 21.6. The van der Waals surface area contributed by atoms with Gasteiger partial charge in [0.15, 0.2) is 0 Å². The Balaban J connectivity index is 2.88. The van der Waals surface area contributed by atoms with Crippen molar-refractivity contribution in [1.29, 1.82) is 0 Å². The first-order chi connectivity index (χ1) is 6.89. The topological polar surface area (TPSA) is 94.8 Å². The Bertz CT molecular complexity index is 262. The number of aliphatic carboxylic acids is 2. The normalized spacial score (nSPS) is 29.9. The van der Waals surface area contributed by atoms with Crippen molar-refractivity contribution in [2.24, 2.45) is 17.8 Å². The molecule has 0 aromatic carbocycles. The zero-order valence-electron chi connectivity index (χ0n) is 8.80. The van der Waals surface area contributed by atoms with E-state index in [0.717, 1.165) is 0 Å². The van der Waals surface area contributed by atoms with E-state index in [4.69, 9.17) is 10.2 Å². The Morgan fingerprint density at radius 3 is 1.60 bits per heavy atom. The Morgan fingerprint density at radius 2 is 1.40 bits per heavy atom. The van der Waals surface area contributed by atoms with Crippen molar-refractivity contribution in [3.63, 3.8) is 0 Å². The summed E-state index contributed by atoms with van der Waals surface area (Å²) in [5, 5.41) is 27.7. The van der Waals surface area contributed by atoms with E-state index in [2.05, 4.69) is 0 Å². The van der Waals surface area contributed by atoms with Crippen LogP contribution in [0.3, 0.4) is 0 Å². The number of carboxylic acids is 2. The second kappa shape index (κ2) is 3.81. The van der Waals surface area contributed by atoms with Crippen LogP contribution in [-0.4, -0.2) is 32.9 Å². The van der Waals surface area contributed by atoms with Crippen LogP contribution in [0.25, 0.3) is 0 Å². The molecule has 86 valence electrons. The molecule has 2 atom stereocenters. The minimum Gasteiger partial charge on any atom is -0.481 e. The van der Waals surface area contributed by atoms with E-state index in [1.165, 1.54) is 0 Å². The number of hydrogen-bond donors (Lipinski definition) is 3. The van der Waals surface area contributed by atoms with E-state index in [1.54, 1.807) is 13.8 Å². The third-order valence-electron chi connectivity index (χ3n) is 3.44. The van der Waals surface area contributed by atoms with Crippen molar-refractivity contribution in [3.05, 3.63) is 0 Å². The van der Waals surface area contributed by atoms with E-state index in [9.17, 15) is 14.7 Å². The molecule has 0 spiro atoms. The van der Waals surface area contributed by atoms with E-state index in [-0.39, 0.29) is 0 Å². The van der Waals surface area contributed by atoms with Gasteiger partial charge in [0, 0.05) is 5.92 Å². The van der Waals surface area contributed by atoms with Gasteiger partial charge in [0.25, 0.3) is 0 Å². The van der Waals surface area contributed by atoms with Crippen molar-refractivity contribution in [2.45, 2.75) is 32.3 Å². The SMILES string of the molecule is CCC(O)(CC)C1C(C(=O)O)C1C(=O)O. The molecular formula is C10H16O5. The fourth-order valence-corrected chi connectivity index (χ4v) is 2.32. The van der Waals surface area contributed by atoms with Gasteiger partial charge in [-0.15, -0.1) is 0 Å². The van der Waals surface area contributed by atoms with E-state index in [0.29, 0.717) is 12.8 Å². The molecule has 0 heterocycles. The van der Waals surface area contributed by atoms with Gasteiger partial charge in [-0.05, 0) is 12.8 Å². The van der Waals surface area contributed by atoms with Gasteiger partial charge in [-0.25, -0.2) is 0 Å². The van der Waals surface area contributed by atoms with Crippen LogP contribution in [-0.2, 0) is 9.59 Å². The molecule has 0 amide bonds. The highest BCUT2D eigenvalue weighted by Crippen LogP contribution is 2.55. The quantitative estimate of drug-likeness (QED) is 0.624. The van der Waals surface area contributed by atoms with Crippen molar-refractivity contribution in [3.8, 4) is 0 Å². The van der Waals surface area contributed by atoms with E-state index in [1.807, 2.05) is 0 Å². The first-order valence-electron chi connectivity index (χ1n) is 5.07. The molecule has 0 radical (unpaired) electrons. The average Bonchev–Trinajstić information content (AvgIpc) is 2.92. The highest BCUT2D eigenvalue weighted by molar-refractivity contribution is 5.86. The Kier molecular flexibility index (Phi) is 3.04. The molecule has 0 aromatic heterocycles. The smallest absolute Gasteiger partial charge is 0.307 e. The Morgan fingerprint density at radius 1 is 1.07 bits per heavy atom. The maximum atomic E-state index is 10.8. The van der Waals surface area contributed by atoms with Gasteiger partial charge in [0.1, 0.15) is 0 Å². The molecule has 1 fully saturated rings. The van der Waals surface area contributed by atoms with Crippen LogP contribution in [0.2, 0.25) is 0 Å². The van der Waals surface area contributed by atoms with Crippen molar-refractivity contribution in [1.82, 2.24) is 0 Å². The van der Waals surface area contributed by atoms with Crippen LogP contribution in [0.15, 0.2) is 0 Å². The predicted molar refractivity (Wildman–Crippen MR) is 51.3 cm³/mol. The second-order valence-corrected chi connectivity index (χ2v) is 4.06. The first kappa shape index (κ1) is 12.0. The highest BCUT2D eigenvalue weighted by Gasteiger charge is 2.66. The van der Waals surface area contributed by atoms with Gasteiger partial charge in [0.2, 0.25) is 0 Å². The maximum absolute atomic E-state index is 10.8. The number of carboxylic acid groups (broad SMARTS) is 2. The molecule has 0 aliphatic heterocycles. The van der Waals surface area contributed by atoms with Gasteiger partial charge in [-0.3, -0.25) is 9.59 Å². The summed E-state index contributed by atoms with van der Waals surface area (Å²) in [5.74, 6) is -4.79. The summed E-state index contributed by atoms with van der Waals surface area (Å²) in [6.45, 7) is 3.47. The van der Waals surface area contributed by atoms with Gasteiger partial charge >= 0.3 is 11.9 Å². The summed E-state index contributed by atoms with van der Waals surface area (Å²) in [6.07, 6.45) is 0.753. The fraction of sp³-hybridized carbons (Fsp3) is 0.800. The van der Waals surface area contributed by atoms with Crippen molar-refractivity contribution < 1.29 is 24.9 Å². The molecule has 1 rings (SSSR count). The number of carbonyl (C=O) groups is 2. The van der Waals surface area contributed by atoms with Crippen molar-refractivity contribution in [2.75, 3.05) is 0 Å². The molecule has 2 unspecified atom stereocenters. The molecule has 1 aliphatic rings. The van der Waals surface area contributed by atoms with Gasteiger partial charge < -0.3 is 15.3 Å². The zero-order valence-corrected chi connectivity index (χ0v) is 8.80. The zero-order chi connectivity index (χ0) is 11.8. The molecule has 0 aromatic rings. The van der Waals surface area contributed by atoms with Crippen LogP contribution in [0.1, 0.15) is 26.7 Å². The second-order valence-electron chi connectivity index (χ2n) is 4.06. The lowest BCUT2D eigenvalue weighted by Crippen LogP contribution is -2.32. The molecule has 1 saturated carbocycles. The Hall–Kier alpha value is -1.10. The van der Waals surface area contributed by atoms with Crippen LogP contribution in [0.4, 0.5) is 0 Å². The fourth-order valence-electron chi connectivity index (χ4n) is 2.32. The van der Waals surface area contributed by atoms with Crippen LogP contribution >= 0.6 is 0 Å². The van der Waals surface area contributed by atoms with Crippen LogP contribution in [0.5, 0.6) is 0 Å². The standard InChI is InChI=1S/C10H16O5/c1-3-10(15,4-2)7-5(8(11)12)6(7)9(13)14/h5-7,15H,3-4H2,1-2H3,(H,11,12)(H,13,14). The van der Waals surface area contributed by atoms with Crippen molar-refractivity contribution >= 4 is 11.9 Å². The summed E-state index contributed by atoms with van der Waals surface area (Å²) >= 11 is 0. The molecular weight excluding hydrogens is 200 g/mol. The molecule has 3 N–H and O–H groups in total. The lowest BCUT2D eigenvalue weighted by Gasteiger charge is -2.25. The van der Waals surface area contributed by atoms with Crippen LogP contribution in [0, 0.1) is 17.8 Å². The monoisotopic (exact) mass is 216 g/mol. The summed E-state index contributed by atoms with van der Waals surface area (Å²) in [7, 11) is 0. The summed E-state index contributed by atoms with van der Waals surface area (Å²) in [6, 6.07) is 0. The van der Waals surface area contributed by atoms with Crippen LogP contribution < -0.4 is 0 Å². The molecule has 5 nitrogen and oxygen atoms in total. The largest absolute Gasteiger partial charge is 0.481 e. The number of aliphatic hydroxyl groups is 1. The summed E-state index contributed by atoms with van der Waals surface area (Å²) in [5.41, 5.74) is -1.16. The lowest BCUT2D eigenvalue weighted by atomic mass is 9.89. The number of rotatable bonds is 5. The maximum Gasteiger partial charge on any atom is 0.307 e. The molecule has 0 bridgehead atoms. The molecule has 15 heavy (non-hydrogen) atoms.